The normalized spacial score (nSPS) is 10.6. The van der Waals surface area contributed by atoms with Gasteiger partial charge in [0, 0.05) is 13.1 Å². The van der Waals surface area contributed by atoms with Gasteiger partial charge in [0.15, 0.2) is 0 Å². The molecule has 0 fully saturated rings. The Bertz CT molecular complexity index is 523. The first-order valence-electron chi connectivity index (χ1n) is 7.55. The minimum absolute atomic E-state index is 0.695. The summed E-state index contributed by atoms with van der Waals surface area (Å²) in [7, 11) is 0. The second kappa shape index (κ2) is 8.24. The first-order valence-corrected chi connectivity index (χ1v) is 7.55. The smallest absolute Gasteiger partial charge is 0.243 e. The number of unbranched alkanes of at least 4 members (excludes halogenated alkanes) is 1. The standard InChI is InChI=1S/C15H23N5O/c1-3-5-10-20-15(17-18-19-20)16-12-13-6-8-14(9-7-13)21-11-4-2/h6-9H,3-5,10-12H2,1-2H3,(H,16,17,19). The summed E-state index contributed by atoms with van der Waals surface area (Å²) >= 11 is 0. The number of hydrogen-bond donors (Lipinski definition) is 1. The molecule has 0 saturated carbocycles. The van der Waals surface area contributed by atoms with Crippen LogP contribution >= 0.6 is 0 Å². The van der Waals surface area contributed by atoms with Crippen molar-refractivity contribution in [2.24, 2.45) is 0 Å². The SMILES string of the molecule is CCCCn1nnnc1NCc1ccc(OCCC)cc1. The third kappa shape index (κ3) is 4.73. The van der Waals surface area contributed by atoms with E-state index in [1.54, 1.807) is 0 Å². The number of nitrogens with zero attached hydrogens (tertiary/aromatic N) is 4. The molecule has 0 unspecified atom stereocenters. The van der Waals surface area contributed by atoms with Gasteiger partial charge < -0.3 is 10.1 Å². The third-order valence-corrected chi connectivity index (χ3v) is 3.10. The molecule has 2 aromatic rings. The Morgan fingerprint density at radius 3 is 2.67 bits per heavy atom. The van der Waals surface area contributed by atoms with E-state index in [9.17, 15) is 0 Å². The van der Waals surface area contributed by atoms with Crippen molar-refractivity contribution in [2.75, 3.05) is 11.9 Å². The van der Waals surface area contributed by atoms with Crippen LogP contribution in [0, 0.1) is 0 Å². The maximum Gasteiger partial charge on any atom is 0.243 e. The topological polar surface area (TPSA) is 64.9 Å². The van der Waals surface area contributed by atoms with Crippen molar-refractivity contribution in [1.29, 1.82) is 0 Å². The van der Waals surface area contributed by atoms with Crippen molar-refractivity contribution < 1.29 is 4.74 Å². The number of tetrazole rings is 1. The maximum absolute atomic E-state index is 5.57. The monoisotopic (exact) mass is 289 g/mol. The lowest BCUT2D eigenvalue weighted by Crippen LogP contribution is -2.09. The van der Waals surface area contributed by atoms with Gasteiger partial charge in [0.25, 0.3) is 0 Å². The molecule has 114 valence electrons. The number of ether oxygens (including phenoxy) is 1. The highest BCUT2D eigenvalue weighted by Crippen LogP contribution is 2.13. The predicted molar refractivity (Wildman–Crippen MR) is 82.3 cm³/mol. The number of benzene rings is 1. The van der Waals surface area contributed by atoms with Gasteiger partial charge in [-0.15, -0.1) is 0 Å². The van der Waals surface area contributed by atoms with E-state index in [0.29, 0.717) is 6.54 Å². The van der Waals surface area contributed by atoms with Gasteiger partial charge in [0.05, 0.1) is 6.61 Å². The Balaban J connectivity index is 1.86. The molecular weight excluding hydrogens is 266 g/mol. The molecular formula is C15H23N5O. The average molecular weight is 289 g/mol. The minimum Gasteiger partial charge on any atom is -0.494 e. The van der Waals surface area contributed by atoms with Crippen LogP contribution in [0.25, 0.3) is 0 Å². The lowest BCUT2D eigenvalue weighted by Gasteiger charge is -2.08. The zero-order valence-corrected chi connectivity index (χ0v) is 12.7. The van der Waals surface area contributed by atoms with Crippen molar-refractivity contribution in [3.05, 3.63) is 29.8 Å². The van der Waals surface area contributed by atoms with E-state index in [0.717, 1.165) is 44.1 Å². The lowest BCUT2D eigenvalue weighted by molar-refractivity contribution is 0.317. The molecule has 6 nitrogen and oxygen atoms in total. The second-order valence-electron chi connectivity index (χ2n) is 4.93. The zero-order valence-electron chi connectivity index (χ0n) is 12.7. The Kier molecular flexibility index (Phi) is 5.99. The van der Waals surface area contributed by atoms with Crippen molar-refractivity contribution in [3.63, 3.8) is 0 Å². The summed E-state index contributed by atoms with van der Waals surface area (Å²) in [5.74, 6) is 1.63. The van der Waals surface area contributed by atoms with E-state index in [-0.39, 0.29) is 0 Å². The third-order valence-electron chi connectivity index (χ3n) is 3.10. The van der Waals surface area contributed by atoms with E-state index in [1.165, 1.54) is 5.56 Å². The van der Waals surface area contributed by atoms with Crippen molar-refractivity contribution >= 4 is 5.95 Å². The van der Waals surface area contributed by atoms with Crippen molar-refractivity contribution in [1.82, 2.24) is 20.2 Å². The summed E-state index contributed by atoms with van der Waals surface area (Å²) in [6.45, 7) is 6.54. The summed E-state index contributed by atoms with van der Waals surface area (Å²) in [5.41, 5.74) is 1.17. The number of nitrogens with one attached hydrogen (secondary N) is 1. The summed E-state index contributed by atoms with van der Waals surface area (Å²) in [4.78, 5) is 0. The highest BCUT2D eigenvalue weighted by molar-refractivity contribution is 5.30. The van der Waals surface area contributed by atoms with E-state index in [1.807, 2.05) is 16.8 Å². The molecule has 0 amide bonds. The largest absolute Gasteiger partial charge is 0.494 e. The van der Waals surface area contributed by atoms with Gasteiger partial charge in [-0.3, -0.25) is 0 Å². The van der Waals surface area contributed by atoms with Crippen molar-refractivity contribution in [2.45, 2.75) is 46.2 Å². The average Bonchev–Trinajstić information content (AvgIpc) is 2.97. The van der Waals surface area contributed by atoms with Crippen molar-refractivity contribution in [3.8, 4) is 5.75 Å². The Morgan fingerprint density at radius 1 is 1.14 bits per heavy atom. The lowest BCUT2D eigenvalue weighted by atomic mass is 10.2. The minimum atomic E-state index is 0.695. The van der Waals surface area contributed by atoms with Crippen LogP contribution in [0.15, 0.2) is 24.3 Å². The molecule has 1 N–H and O–H groups in total. The van der Waals surface area contributed by atoms with E-state index < -0.39 is 0 Å². The highest BCUT2D eigenvalue weighted by Gasteiger charge is 2.04. The summed E-state index contributed by atoms with van der Waals surface area (Å²) in [5, 5.41) is 15.0. The number of rotatable bonds is 9. The quantitative estimate of drug-likeness (QED) is 0.769. The highest BCUT2D eigenvalue weighted by atomic mass is 16.5. The van der Waals surface area contributed by atoms with Crippen LogP contribution in [0.4, 0.5) is 5.95 Å². The molecule has 1 aromatic carbocycles. The molecule has 0 aliphatic carbocycles. The van der Waals surface area contributed by atoms with Crippen LogP contribution in [0.3, 0.4) is 0 Å². The van der Waals surface area contributed by atoms with Crippen LogP contribution in [-0.2, 0) is 13.1 Å². The fourth-order valence-electron chi connectivity index (χ4n) is 1.89. The van der Waals surface area contributed by atoms with Crippen LogP contribution in [0.1, 0.15) is 38.7 Å². The Hall–Kier alpha value is -2.11. The Labute approximate surface area is 125 Å². The summed E-state index contributed by atoms with van der Waals surface area (Å²) in [6.07, 6.45) is 3.21. The molecule has 6 heteroatoms. The molecule has 1 aromatic heterocycles. The number of anilines is 1. The Morgan fingerprint density at radius 2 is 1.95 bits per heavy atom. The van der Waals surface area contributed by atoms with Gasteiger partial charge in [-0.05, 0) is 41.0 Å². The van der Waals surface area contributed by atoms with Crippen LogP contribution < -0.4 is 10.1 Å². The van der Waals surface area contributed by atoms with Gasteiger partial charge in [-0.2, -0.15) is 0 Å². The van der Waals surface area contributed by atoms with Gasteiger partial charge >= 0.3 is 0 Å². The fourth-order valence-corrected chi connectivity index (χ4v) is 1.89. The zero-order chi connectivity index (χ0) is 14.9. The van der Waals surface area contributed by atoms with Crippen LogP contribution in [0.2, 0.25) is 0 Å². The molecule has 21 heavy (non-hydrogen) atoms. The molecule has 0 spiro atoms. The van der Waals surface area contributed by atoms with Crippen LogP contribution in [0.5, 0.6) is 5.75 Å². The van der Waals surface area contributed by atoms with Crippen LogP contribution in [-0.4, -0.2) is 26.8 Å². The molecule has 0 radical (unpaired) electrons. The molecule has 0 atom stereocenters. The first-order chi connectivity index (χ1) is 10.3. The van der Waals surface area contributed by atoms with Gasteiger partial charge in [0.2, 0.25) is 5.95 Å². The summed E-state index contributed by atoms with van der Waals surface area (Å²) < 4.78 is 7.37. The molecule has 2 rings (SSSR count). The van der Waals surface area contributed by atoms with E-state index in [2.05, 4.69) is 46.8 Å². The molecule has 0 aliphatic rings. The molecule has 0 saturated heterocycles. The molecule has 0 aliphatic heterocycles. The number of aryl methyl sites for hydroxylation is 1. The number of aromatic nitrogens is 4. The maximum atomic E-state index is 5.57. The van der Waals surface area contributed by atoms with Gasteiger partial charge in [-0.25, -0.2) is 4.68 Å². The van der Waals surface area contributed by atoms with Gasteiger partial charge in [-0.1, -0.05) is 37.5 Å². The fraction of sp³-hybridized carbons (Fsp3) is 0.533. The summed E-state index contributed by atoms with van der Waals surface area (Å²) in [6, 6.07) is 8.09. The molecule has 0 bridgehead atoms. The predicted octanol–water partition coefficient (Wildman–Crippen LogP) is 2.87. The number of hydrogen-bond acceptors (Lipinski definition) is 5. The molecule has 1 heterocycles. The second-order valence-corrected chi connectivity index (χ2v) is 4.93. The van der Waals surface area contributed by atoms with E-state index in [4.69, 9.17) is 4.74 Å². The van der Waals surface area contributed by atoms with E-state index >= 15 is 0 Å². The van der Waals surface area contributed by atoms with Gasteiger partial charge in [0.1, 0.15) is 5.75 Å². The first kappa shape index (κ1) is 15.3.